The molecule has 6 heteroatoms. The van der Waals surface area contributed by atoms with E-state index in [4.69, 9.17) is 14.2 Å². The molecule has 180 valence electrons. The monoisotopic (exact) mass is 488 g/mol. The molecule has 0 N–H and O–H groups in total. The van der Waals surface area contributed by atoms with Crippen molar-refractivity contribution in [1.82, 2.24) is 0 Å². The summed E-state index contributed by atoms with van der Waals surface area (Å²) in [6.07, 6.45) is 7.49. The Labute approximate surface area is 206 Å². The second-order valence-electron chi connectivity index (χ2n) is 11.2. The highest BCUT2D eigenvalue weighted by molar-refractivity contribution is 8.01. The lowest BCUT2D eigenvalue weighted by molar-refractivity contribution is -0.344. The normalized spacial score (nSPS) is 38.8. The van der Waals surface area contributed by atoms with E-state index in [9.17, 15) is 4.79 Å². The van der Waals surface area contributed by atoms with Crippen molar-refractivity contribution in [3.05, 3.63) is 41.3 Å². The van der Waals surface area contributed by atoms with Gasteiger partial charge in [-0.25, -0.2) is 4.79 Å². The van der Waals surface area contributed by atoms with E-state index in [1.54, 1.807) is 11.3 Å². The van der Waals surface area contributed by atoms with Crippen LogP contribution < -0.4 is 0 Å². The molecule has 6 atom stereocenters. The van der Waals surface area contributed by atoms with Gasteiger partial charge in [-0.15, -0.1) is 23.1 Å². The van der Waals surface area contributed by atoms with Crippen LogP contribution in [-0.2, 0) is 19.0 Å². The minimum atomic E-state index is -0.507. The zero-order chi connectivity index (χ0) is 23.4. The number of esters is 1. The van der Waals surface area contributed by atoms with Gasteiger partial charge in [0.05, 0.1) is 16.9 Å². The largest absolute Gasteiger partial charge is 0.458 e. The Morgan fingerprint density at radius 2 is 2.06 bits per heavy atom. The van der Waals surface area contributed by atoms with Gasteiger partial charge in [0.25, 0.3) is 0 Å². The van der Waals surface area contributed by atoms with E-state index in [0.29, 0.717) is 18.4 Å². The van der Waals surface area contributed by atoms with E-state index in [2.05, 4.69) is 37.9 Å². The maximum atomic E-state index is 12.6. The van der Waals surface area contributed by atoms with E-state index in [-0.39, 0.29) is 28.2 Å². The Hall–Kier alpha value is -1.08. The average Bonchev–Trinajstić information content (AvgIpc) is 3.42. The number of hydrogen-bond donors (Lipinski definition) is 0. The highest BCUT2D eigenvalue weighted by Gasteiger charge is 2.61. The lowest BCUT2D eigenvalue weighted by atomic mass is 9.46. The van der Waals surface area contributed by atoms with Crippen molar-refractivity contribution >= 4 is 29.1 Å². The third-order valence-electron chi connectivity index (χ3n) is 8.78. The Kier molecular flexibility index (Phi) is 6.12. The molecule has 2 aliphatic heterocycles. The van der Waals surface area contributed by atoms with Gasteiger partial charge in [-0.1, -0.05) is 32.1 Å². The number of thioether (sulfide) groups is 1. The standard InChI is InChI=1S/C27H36O4S2/c1-17-8-9-21-26(4,12-10-22-27(21,5)16-30-25(2,3)31-22)19(17)15-20(18-11-13-29-24(18)28)33-23-7-6-14-32-23/h6-7,11,14,19-22H,1,8-10,12-13,15-16H2,2-5H3/t19-,20-,21+,22-,26+,27+/m1/s1. The first-order valence-corrected chi connectivity index (χ1v) is 14.0. The molecule has 33 heavy (non-hydrogen) atoms. The fraction of sp³-hybridized carbons (Fsp3) is 0.667. The number of carbonyl (C=O) groups is 1. The lowest BCUT2D eigenvalue weighted by Gasteiger charge is -2.63. The van der Waals surface area contributed by atoms with Gasteiger partial charge in [-0.05, 0) is 80.7 Å². The van der Waals surface area contributed by atoms with Crippen LogP contribution in [0.25, 0.3) is 0 Å². The number of carbonyl (C=O) groups excluding carboxylic acids is 1. The number of cyclic esters (lactones) is 1. The summed E-state index contributed by atoms with van der Waals surface area (Å²) in [7, 11) is 0. The topological polar surface area (TPSA) is 44.8 Å². The van der Waals surface area contributed by atoms with Crippen molar-refractivity contribution in [3.63, 3.8) is 0 Å². The molecule has 2 saturated carbocycles. The van der Waals surface area contributed by atoms with Crippen molar-refractivity contribution in [1.29, 1.82) is 0 Å². The van der Waals surface area contributed by atoms with Crippen molar-refractivity contribution in [2.45, 2.75) is 81.1 Å². The molecule has 0 bridgehead atoms. The maximum absolute atomic E-state index is 12.6. The molecule has 2 aliphatic carbocycles. The molecular weight excluding hydrogens is 452 g/mol. The van der Waals surface area contributed by atoms with Crippen molar-refractivity contribution < 1.29 is 19.0 Å². The van der Waals surface area contributed by atoms with Crippen molar-refractivity contribution in [2.24, 2.45) is 22.7 Å². The Morgan fingerprint density at radius 3 is 2.76 bits per heavy atom. The zero-order valence-electron chi connectivity index (χ0n) is 20.2. The molecule has 0 aromatic carbocycles. The first-order chi connectivity index (χ1) is 15.6. The van der Waals surface area contributed by atoms with E-state index < -0.39 is 5.79 Å². The second-order valence-corrected chi connectivity index (χ2v) is 13.6. The highest BCUT2D eigenvalue weighted by Crippen LogP contribution is 2.64. The fourth-order valence-corrected chi connectivity index (χ4v) is 9.29. The van der Waals surface area contributed by atoms with Crippen LogP contribution in [0.5, 0.6) is 0 Å². The number of fused-ring (bicyclic) bond motifs is 3. The van der Waals surface area contributed by atoms with E-state index in [1.807, 2.05) is 31.7 Å². The molecule has 3 fully saturated rings. The predicted molar refractivity (Wildman–Crippen MR) is 133 cm³/mol. The van der Waals surface area contributed by atoms with Crippen LogP contribution in [0.3, 0.4) is 0 Å². The molecule has 0 amide bonds. The molecule has 0 radical (unpaired) electrons. The van der Waals surface area contributed by atoms with Crippen LogP contribution in [0.4, 0.5) is 0 Å². The third-order valence-corrected chi connectivity index (χ3v) is 11.1. The van der Waals surface area contributed by atoms with Gasteiger partial charge in [0.15, 0.2) is 5.79 Å². The minimum Gasteiger partial charge on any atom is -0.458 e. The van der Waals surface area contributed by atoms with Gasteiger partial charge in [-0.3, -0.25) is 0 Å². The molecule has 1 saturated heterocycles. The molecule has 5 rings (SSSR count). The van der Waals surface area contributed by atoms with E-state index >= 15 is 0 Å². The number of hydrogen-bond acceptors (Lipinski definition) is 6. The fourth-order valence-electron chi connectivity index (χ4n) is 7.06. The predicted octanol–water partition coefficient (Wildman–Crippen LogP) is 6.62. The number of ether oxygens (including phenoxy) is 3. The van der Waals surface area contributed by atoms with Gasteiger partial charge in [0, 0.05) is 16.2 Å². The van der Waals surface area contributed by atoms with Crippen molar-refractivity contribution in [3.8, 4) is 0 Å². The van der Waals surface area contributed by atoms with Gasteiger partial charge in [0.2, 0.25) is 0 Å². The maximum Gasteiger partial charge on any atom is 0.335 e. The summed E-state index contributed by atoms with van der Waals surface area (Å²) in [5.41, 5.74) is 2.30. The molecular formula is C27H36O4S2. The Morgan fingerprint density at radius 1 is 1.24 bits per heavy atom. The van der Waals surface area contributed by atoms with Gasteiger partial charge in [0.1, 0.15) is 6.61 Å². The lowest BCUT2D eigenvalue weighted by Crippen LogP contribution is -2.63. The van der Waals surface area contributed by atoms with E-state index in [1.165, 1.54) is 9.78 Å². The van der Waals surface area contributed by atoms with Gasteiger partial charge >= 0.3 is 5.97 Å². The zero-order valence-corrected chi connectivity index (χ0v) is 21.9. The van der Waals surface area contributed by atoms with Crippen LogP contribution in [0, 0.1) is 22.7 Å². The summed E-state index contributed by atoms with van der Waals surface area (Å²) in [5.74, 6) is 0.204. The van der Waals surface area contributed by atoms with Gasteiger partial charge in [-0.2, -0.15) is 0 Å². The number of rotatable bonds is 5. The van der Waals surface area contributed by atoms with Crippen LogP contribution in [-0.4, -0.2) is 36.3 Å². The highest BCUT2D eigenvalue weighted by atomic mass is 32.2. The van der Waals surface area contributed by atoms with Crippen molar-refractivity contribution in [2.75, 3.05) is 13.2 Å². The van der Waals surface area contributed by atoms with E-state index in [0.717, 1.165) is 44.3 Å². The van der Waals surface area contributed by atoms with Crippen LogP contribution in [0.1, 0.15) is 59.8 Å². The van der Waals surface area contributed by atoms with Crippen LogP contribution in [0.2, 0.25) is 0 Å². The minimum absolute atomic E-state index is 0.00339. The summed E-state index contributed by atoms with van der Waals surface area (Å²) >= 11 is 3.55. The summed E-state index contributed by atoms with van der Waals surface area (Å²) in [4.78, 5) is 12.6. The van der Waals surface area contributed by atoms with Gasteiger partial charge < -0.3 is 14.2 Å². The summed E-state index contributed by atoms with van der Waals surface area (Å²) in [6, 6.07) is 4.23. The average molecular weight is 489 g/mol. The molecule has 4 aliphatic rings. The smallest absolute Gasteiger partial charge is 0.335 e. The number of allylic oxidation sites excluding steroid dienone is 1. The van der Waals surface area contributed by atoms with Crippen LogP contribution >= 0.6 is 23.1 Å². The Balaban J connectivity index is 1.44. The quantitative estimate of drug-likeness (QED) is 0.265. The first kappa shape index (κ1) is 23.7. The third kappa shape index (κ3) is 4.15. The summed E-state index contributed by atoms with van der Waals surface area (Å²) in [6.45, 7) is 14.6. The summed E-state index contributed by atoms with van der Waals surface area (Å²) in [5, 5.41) is 2.18. The molecule has 1 aromatic rings. The molecule has 0 unspecified atom stereocenters. The molecule has 3 heterocycles. The van der Waals surface area contributed by atoms with Crippen LogP contribution in [0.15, 0.2) is 45.5 Å². The molecule has 4 nitrogen and oxygen atoms in total. The SMILES string of the molecule is C=C1CC[C@@H]2[C@]3(C)COC(C)(C)O[C@@H]3CC[C@@]2(C)[C@@H]1C[C@@H](Sc1cccs1)C1=CCOC1=O. The first-order valence-electron chi connectivity index (χ1n) is 12.2. The molecule has 0 spiro atoms. The second kappa shape index (κ2) is 8.54. The Bertz CT molecular complexity index is 951. The number of thiophene rings is 1. The molecule has 1 aromatic heterocycles. The summed E-state index contributed by atoms with van der Waals surface area (Å²) < 4.78 is 19.3.